The summed E-state index contributed by atoms with van der Waals surface area (Å²) in [6, 6.07) is 15.8. The first-order valence-corrected chi connectivity index (χ1v) is 13.7. The van der Waals surface area contributed by atoms with Crippen LogP contribution in [0.15, 0.2) is 52.9 Å². The van der Waals surface area contributed by atoms with Crippen molar-refractivity contribution < 1.29 is 18.7 Å². The number of furan rings is 1. The largest absolute Gasteiger partial charge is 0.496 e. The minimum atomic E-state index is -0.182. The average Bonchev–Trinajstić information content (AvgIpc) is 3.48. The van der Waals surface area contributed by atoms with E-state index in [1.165, 1.54) is 0 Å². The van der Waals surface area contributed by atoms with Crippen molar-refractivity contribution in [3.63, 3.8) is 0 Å². The van der Waals surface area contributed by atoms with E-state index in [4.69, 9.17) is 18.9 Å². The maximum absolute atomic E-state index is 14.0. The highest BCUT2D eigenvalue weighted by Crippen LogP contribution is 2.32. The van der Waals surface area contributed by atoms with E-state index in [1.807, 2.05) is 54.3 Å². The van der Waals surface area contributed by atoms with Crippen LogP contribution in [0.3, 0.4) is 0 Å². The van der Waals surface area contributed by atoms with Crippen LogP contribution in [0.1, 0.15) is 80.2 Å². The smallest absolute Gasteiger partial charge is 0.257 e. The molecule has 0 saturated heterocycles. The number of imidazole rings is 1. The lowest BCUT2D eigenvalue weighted by Crippen LogP contribution is -2.33. The summed E-state index contributed by atoms with van der Waals surface area (Å²) >= 11 is 0. The van der Waals surface area contributed by atoms with Gasteiger partial charge in [0.1, 0.15) is 28.8 Å². The predicted molar refractivity (Wildman–Crippen MR) is 155 cm³/mol. The van der Waals surface area contributed by atoms with E-state index in [9.17, 15) is 4.79 Å². The summed E-state index contributed by atoms with van der Waals surface area (Å²) < 4.78 is 19.6. The summed E-state index contributed by atoms with van der Waals surface area (Å²) in [5, 5.41) is 0. The molecule has 0 aliphatic rings. The molecule has 4 rings (SSSR count). The molecular weight excluding hydrogens is 490 g/mol. The van der Waals surface area contributed by atoms with E-state index < -0.39 is 0 Å². The van der Waals surface area contributed by atoms with Crippen LogP contribution in [0.4, 0.5) is 0 Å². The van der Waals surface area contributed by atoms with Gasteiger partial charge in [-0.15, -0.1) is 0 Å². The number of amides is 1. The van der Waals surface area contributed by atoms with Gasteiger partial charge in [0.15, 0.2) is 0 Å². The Morgan fingerprint density at radius 2 is 1.72 bits per heavy atom. The molecule has 0 aliphatic carbocycles. The maximum Gasteiger partial charge on any atom is 0.257 e. The molecule has 0 spiro atoms. The third-order valence-corrected chi connectivity index (χ3v) is 7.12. The number of unbranched alkanes of at least 4 members (excludes halogenated alkanes) is 2. The van der Waals surface area contributed by atoms with Crippen LogP contribution < -0.4 is 9.47 Å². The van der Waals surface area contributed by atoms with Crippen molar-refractivity contribution in [1.82, 2.24) is 14.5 Å². The van der Waals surface area contributed by atoms with E-state index in [0.29, 0.717) is 31.0 Å². The van der Waals surface area contributed by atoms with Crippen molar-refractivity contribution in [2.24, 2.45) is 0 Å². The summed E-state index contributed by atoms with van der Waals surface area (Å²) in [6.45, 7) is 11.8. The Morgan fingerprint density at radius 3 is 2.33 bits per heavy atom. The minimum Gasteiger partial charge on any atom is -0.496 e. The molecule has 2 heterocycles. The Labute approximate surface area is 231 Å². The van der Waals surface area contributed by atoms with Crippen LogP contribution in [-0.4, -0.2) is 41.1 Å². The zero-order chi connectivity index (χ0) is 28.2. The zero-order valence-electron chi connectivity index (χ0n) is 24.3. The van der Waals surface area contributed by atoms with Crippen LogP contribution in [0, 0.1) is 6.92 Å². The lowest BCUT2D eigenvalue weighted by Gasteiger charge is -2.23. The van der Waals surface area contributed by atoms with Gasteiger partial charge >= 0.3 is 0 Å². The number of carbonyl (C=O) groups excluding carboxylic acids is 1. The second-order valence-electron chi connectivity index (χ2n) is 11.0. The molecule has 0 aliphatic heterocycles. The van der Waals surface area contributed by atoms with Gasteiger partial charge in [-0.2, -0.15) is 0 Å². The number of nitrogens with zero attached hydrogens (tertiary/aromatic N) is 3. The van der Waals surface area contributed by atoms with Gasteiger partial charge in [-0.25, -0.2) is 4.98 Å². The highest BCUT2D eigenvalue weighted by molar-refractivity contribution is 5.95. The fourth-order valence-electron chi connectivity index (χ4n) is 4.87. The van der Waals surface area contributed by atoms with Gasteiger partial charge in [-0.05, 0) is 43.7 Å². The number of rotatable bonds is 11. The molecule has 0 saturated carbocycles. The Morgan fingerprint density at radius 1 is 1.03 bits per heavy atom. The molecule has 2 aromatic heterocycles. The molecule has 0 radical (unpaired) electrons. The molecule has 0 atom stereocenters. The summed E-state index contributed by atoms with van der Waals surface area (Å²) in [5.74, 6) is 3.74. The molecule has 39 heavy (non-hydrogen) atoms. The minimum absolute atomic E-state index is 0.0312. The van der Waals surface area contributed by atoms with Crippen LogP contribution in [0.2, 0.25) is 0 Å². The van der Waals surface area contributed by atoms with Crippen molar-refractivity contribution in [1.29, 1.82) is 0 Å². The van der Waals surface area contributed by atoms with Crippen molar-refractivity contribution >= 4 is 16.9 Å². The number of aryl methyl sites for hydroxylation is 1. The van der Waals surface area contributed by atoms with Crippen LogP contribution in [0.25, 0.3) is 11.0 Å². The standard InChI is InChI=1S/C32H41N3O4/c1-8-9-12-18-34(31(36)23-19-29(32(3,4)5)39-22(23)2)21-30-33-25-14-10-11-15-26(25)35(30)20-24-27(37-6)16-13-17-28(24)38-7/h10-11,13-17,19H,8-9,12,18,20-21H2,1-7H3. The third kappa shape index (κ3) is 6.13. The van der Waals surface area contributed by atoms with Gasteiger partial charge < -0.3 is 23.4 Å². The third-order valence-electron chi connectivity index (χ3n) is 7.12. The van der Waals surface area contributed by atoms with Crippen LogP contribution >= 0.6 is 0 Å². The first-order chi connectivity index (χ1) is 18.7. The van der Waals surface area contributed by atoms with Gasteiger partial charge in [0.2, 0.25) is 0 Å². The van der Waals surface area contributed by atoms with Crippen molar-refractivity contribution in [2.75, 3.05) is 20.8 Å². The molecule has 4 aromatic rings. The lowest BCUT2D eigenvalue weighted by molar-refractivity contribution is 0.0732. The van der Waals surface area contributed by atoms with Gasteiger partial charge in [0.25, 0.3) is 5.91 Å². The number of fused-ring (bicyclic) bond motifs is 1. The summed E-state index contributed by atoms with van der Waals surface area (Å²) in [4.78, 5) is 20.9. The number of hydrogen-bond acceptors (Lipinski definition) is 5. The normalized spacial score (nSPS) is 11.7. The topological polar surface area (TPSA) is 69.7 Å². The van der Waals surface area contributed by atoms with E-state index in [-0.39, 0.29) is 11.3 Å². The Balaban J connectivity index is 1.76. The number of ether oxygens (including phenoxy) is 2. The summed E-state index contributed by atoms with van der Waals surface area (Å²) in [6.07, 6.45) is 3.05. The van der Waals surface area contributed by atoms with E-state index in [0.717, 1.165) is 58.9 Å². The number of para-hydroxylation sites is 2. The van der Waals surface area contributed by atoms with E-state index >= 15 is 0 Å². The number of methoxy groups -OCH3 is 2. The average molecular weight is 532 g/mol. The number of carbonyl (C=O) groups is 1. The molecule has 1 amide bonds. The Kier molecular flexibility index (Phi) is 8.68. The zero-order valence-corrected chi connectivity index (χ0v) is 24.3. The first kappa shape index (κ1) is 28.3. The molecule has 0 unspecified atom stereocenters. The molecule has 0 N–H and O–H groups in total. The quantitative estimate of drug-likeness (QED) is 0.193. The second kappa shape index (κ2) is 12.0. The molecule has 7 heteroatoms. The van der Waals surface area contributed by atoms with E-state index in [2.05, 4.69) is 38.3 Å². The van der Waals surface area contributed by atoms with Gasteiger partial charge in [-0.1, -0.05) is 58.7 Å². The molecule has 2 aromatic carbocycles. The predicted octanol–water partition coefficient (Wildman–Crippen LogP) is 7.13. The van der Waals surface area contributed by atoms with Crippen molar-refractivity contribution in [3.05, 3.63) is 77.0 Å². The molecule has 0 bridgehead atoms. The van der Waals surface area contributed by atoms with Crippen LogP contribution in [-0.2, 0) is 18.5 Å². The Hall–Kier alpha value is -3.74. The Bertz CT molecular complexity index is 1400. The van der Waals surface area contributed by atoms with Gasteiger partial charge in [-0.3, -0.25) is 4.79 Å². The lowest BCUT2D eigenvalue weighted by atomic mass is 9.93. The highest BCUT2D eigenvalue weighted by Gasteiger charge is 2.27. The summed E-state index contributed by atoms with van der Waals surface area (Å²) in [5.41, 5.74) is 3.24. The maximum atomic E-state index is 14.0. The van der Waals surface area contributed by atoms with Crippen molar-refractivity contribution in [3.8, 4) is 11.5 Å². The monoisotopic (exact) mass is 531 g/mol. The fourth-order valence-corrected chi connectivity index (χ4v) is 4.87. The van der Waals surface area contributed by atoms with Crippen LogP contribution in [0.5, 0.6) is 11.5 Å². The highest BCUT2D eigenvalue weighted by atomic mass is 16.5. The van der Waals surface area contributed by atoms with Crippen molar-refractivity contribution in [2.45, 2.75) is 72.4 Å². The van der Waals surface area contributed by atoms with E-state index in [1.54, 1.807) is 14.2 Å². The molecule has 0 fully saturated rings. The number of aromatic nitrogens is 2. The number of benzene rings is 2. The second-order valence-corrected chi connectivity index (χ2v) is 11.0. The SMILES string of the molecule is CCCCCN(Cc1nc2ccccc2n1Cc1c(OC)cccc1OC)C(=O)c1cc(C(C)(C)C)oc1C. The first-order valence-electron chi connectivity index (χ1n) is 13.7. The van der Waals surface area contributed by atoms with Gasteiger partial charge in [0, 0.05) is 12.0 Å². The fraction of sp³-hybridized carbons (Fsp3) is 0.438. The molecular formula is C32H41N3O4. The molecule has 7 nitrogen and oxygen atoms in total. The number of hydrogen-bond donors (Lipinski definition) is 0. The van der Waals surface area contributed by atoms with Gasteiger partial charge in [0.05, 0.1) is 49.5 Å². The molecule has 208 valence electrons. The summed E-state index contributed by atoms with van der Waals surface area (Å²) in [7, 11) is 3.33.